The van der Waals surface area contributed by atoms with Crippen molar-refractivity contribution in [2.75, 3.05) is 39.8 Å². The number of carbonyl (C=O) groups is 1. The summed E-state index contributed by atoms with van der Waals surface area (Å²) in [6.07, 6.45) is 3.79. The van der Waals surface area contributed by atoms with Gasteiger partial charge in [-0.15, -0.1) is 0 Å². The zero-order valence-corrected chi connectivity index (χ0v) is 16.7. The van der Waals surface area contributed by atoms with E-state index in [0.717, 1.165) is 23.6 Å². The number of aromatic nitrogens is 2. The van der Waals surface area contributed by atoms with E-state index in [-0.39, 0.29) is 12.0 Å². The molecule has 1 unspecified atom stereocenters. The van der Waals surface area contributed by atoms with Crippen LogP contribution in [0.2, 0.25) is 0 Å². The van der Waals surface area contributed by atoms with Gasteiger partial charge >= 0.3 is 0 Å². The van der Waals surface area contributed by atoms with E-state index in [1.165, 1.54) is 0 Å². The molecule has 28 heavy (non-hydrogen) atoms. The average Bonchev–Trinajstić information content (AvgIpc) is 3.14. The third kappa shape index (κ3) is 5.10. The average molecular weight is 384 g/mol. The molecule has 1 amide bonds. The third-order valence-corrected chi connectivity index (χ3v) is 4.65. The van der Waals surface area contributed by atoms with Crippen LogP contribution in [0.5, 0.6) is 0 Å². The van der Waals surface area contributed by atoms with Crippen LogP contribution >= 0.6 is 0 Å². The van der Waals surface area contributed by atoms with Crippen molar-refractivity contribution >= 4 is 11.9 Å². The van der Waals surface area contributed by atoms with E-state index in [0.29, 0.717) is 31.8 Å². The standard InChI is InChI=1S/C20H28N6O2/c1-15-5-4-6-16(11-15)19(27)22-7-8-23-20(21-2)26-9-10-28-18(14-26)17-12-24-25(3)13-17/h4-6,11-13,18H,7-10,14H2,1-3H3,(H,21,23)(H,22,27). The Bertz CT molecular complexity index is 832. The van der Waals surface area contributed by atoms with Crippen molar-refractivity contribution in [2.24, 2.45) is 12.0 Å². The van der Waals surface area contributed by atoms with Gasteiger partial charge < -0.3 is 20.3 Å². The molecular formula is C20H28N6O2. The van der Waals surface area contributed by atoms with Gasteiger partial charge in [0.2, 0.25) is 0 Å². The predicted molar refractivity (Wildman–Crippen MR) is 108 cm³/mol. The molecule has 1 atom stereocenters. The van der Waals surface area contributed by atoms with Crippen molar-refractivity contribution in [2.45, 2.75) is 13.0 Å². The predicted octanol–water partition coefficient (Wildman–Crippen LogP) is 1.11. The summed E-state index contributed by atoms with van der Waals surface area (Å²) >= 11 is 0. The van der Waals surface area contributed by atoms with Crippen LogP contribution in [-0.2, 0) is 11.8 Å². The minimum absolute atomic E-state index is 0.0259. The highest BCUT2D eigenvalue weighted by Gasteiger charge is 2.25. The van der Waals surface area contributed by atoms with Crippen LogP contribution in [0.1, 0.15) is 27.6 Å². The number of nitrogens with zero attached hydrogens (tertiary/aromatic N) is 4. The first-order valence-corrected chi connectivity index (χ1v) is 9.47. The number of aryl methyl sites for hydroxylation is 2. The van der Waals surface area contributed by atoms with Gasteiger partial charge in [0.05, 0.1) is 19.3 Å². The number of aliphatic imine (C=N–C) groups is 1. The van der Waals surface area contributed by atoms with Crippen molar-refractivity contribution in [1.82, 2.24) is 25.3 Å². The topological polar surface area (TPSA) is 83.8 Å². The van der Waals surface area contributed by atoms with Gasteiger partial charge in [-0.2, -0.15) is 5.10 Å². The Kier molecular flexibility index (Phi) is 6.65. The lowest BCUT2D eigenvalue weighted by Crippen LogP contribution is -2.49. The van der Waals surface area contributed by atoms with Crippen LogP contribution in [-0.4, -0.2) is 66.4 Å². The van der Waals surface area contributed by atoms with E-state index >= 15 is 0 Å². The summed E-state index contributed by atoms with van der Waals surface area (Å²) in [6.45, 7) is 5.20. The van der Waals surface area contributed by atoms with E-state index in [4.69, 9.17) is 4.74 Å². The monoisotopic (exact) mass is 384 g/mol. The van der Waals surface area contributed by atoms with Crippen LogP contribution in [0.15, 0.2) is 41.7 Å². The van der Waals surface area contributed by atoms with Crippen molar-refractivity contribution < 1.29 is 9.53 Å². The first-order chi connectivity index (χ1) is 13.6. The summed E-state index contributed by atoms with van der Waals surface area (Å²) in [5, 5.41) is 10.5. The van der Waals surface area contributed by atoms with E-state index in [9.17, 15) is 4.79 Å². The molecule has 1 fully saturated rings. The van der Waals surface area contributed by atoms with E-state index in [1.807, 2.05) is 50.6 Å². The largest absolute Gasteiger partial charge is 0.370 e. The molecule has 1 aromatic carbocycles. The molecule has 1 aromatic heterocycles. The van der Waals surface area contributed by atoms with Crippen LogP contribution < -0.4 is 10.6 Å². The van der Waals surface area contributed by atoms with Gasteiger partial charge in [-0.3, -0.25) is 14.5 Å². The quantitative estimate of drug-likeness (QED) is 0.458. The van der Waals surface area contributed by atoms with Crippen molar-refractivity contribution in [3.63, 3.8) is 0 Å². The number of guanidine groups is 1. The number of morpholine rings is 1. The molecule has 1 aliphatic rings. The van der Waals surface area contributed by atoms with E-state index in [2.05, 4.69) is 25.6 Å². The smallest absolute Gasteiger partial charge is 0.251 e. The Morgan fingerprint density at radius 3 is 2.89 bits per heavy atom. The number of benzene rings is 1. The van der Waals surface area contributed by atoms with E-state index < -0.39 is 0 Å². The normalized spacial score (nSPS) is 17.5. The minimum atomic E-state index is -0.0662. The first kappa shape index (κ1) is 19.9. The number of ether oxygens (including phenoxy) is 1. The Balaban J connectivity index is 1.47. The molecule has 8 heteroatoms. The summed E-state index contributed by atoms with van der Waals surface area (Å²) in [5.41, 5.74) is 2.81. The zero-order chi connectivity index (χ0) is 19.9. The molecule has 150 valence electrons. The van der Waals surface area contributed by atoms with Crippen LogP contribution in [0.4, 0.5) is 0 Å². The summed E-state index contributed by atoms with van der Waals surface area (Å²) in [5.74, 6) is 0.741. The molecule has 2 heterocycles. The fourth-order valence-corrected chi connectivity index (χ4v) is 3.22. The van der Waals surface area contributed by atoms with Crippen LogP contribution in [0.3, 0.4) is 0 Å². The van der Waals surface area contributed by atoms with Gasteiger partial charge in [-0.25, -0.2) is 0 Å². The summed E-state index contributed by atoms with van der Waals surface area (Å²) in [7, 11) is 3.66. The highest BCUT2D eigenvalue weighted by molar-refractivity contribution is 5.94. The maximum absolute atomic E-state index is 12.2. The molecule has 0 radical (unpaired) electrons. The molecule has 3 rings (SSSR count). The van der Waals surface area contributed by atoms with Gasteiger partial charge in [0.15, 0.2) is 5.96 Å². The van der Waals surface area contributed by atoms with Gasteiger partial charge in [0, 0.05) is 51.1 Å². The Morgan fingerprint density at radius 1 is 1.36 bits per heavy atom. The molecular weight excluding hydrogens is 356 g/mol. The number of amides is 1. The Morgan fingerprint density at radius 2 is 2.18 bits per heavy atom. The molecule has 2 N–H and O–H groups in total. The highest BCUT2D eigenvalue weighted by atomic mass is 16.5. The minimum Gasteiger partial charge on any atom is -0.370 e. The molecule has 2 aromatic rings. The zero-order valence-electron chi connectivity index (χ0n) is 16.7. The molecule has 0 aliphatic carbocycles. The van der Waals surface area contributed by atoms with E-state index in [1.54, 1.807) is 11.7 Å². The van der Waals surface area contributed by atoms with Crippen LogP contribution in [0, 0.1) is 6.92 Å². The molecule has 0 saturated carbocycles. The number of rotatable bonds is 5. The fraction of sp³-hybridized carbons (Fsp3) is 0.450. The van der Waals surface area contributed by atoms with Crippen molar-refractivity contribution in [3.05, 3.63) is 53.3 Å². The molecule has 1 aliphatic heterocycles. The molecule has 0 bridgehead atoms. The SMILES string of the molecule is CN=C(NCCNC(=O)c1cccc(C)c1)N1CCOC(c2cnn(C)c2)C1. The third-order valence-electron chi connectivity index (χ3n) is 4.65. The second-order valence-corrected chi connectivity index (χ2v) is 6.85. The number of carbonyl (C=O) groups excluding carboxylic acids is 1. The van der Waals surface area contributed by atoms with Gasteiger partial charge in [0.25, 0.3) is 5.91 Å². The van der Waals surface area contributed by atoms with Gasteiger partial charge in [-0.1, -0.05) is 17.7 Å². The maximum atomic E-state index is 12.2. The van der Waals surface area contributed by atoms with Crippen molar-refractivity contribution in [1.29, 1.82) is 0 Å². The molecule has 0 spiro atoms. The molecule has 1 saturated heterocycles. The summed E-state index contributed by atoms with van der Waals surface area (Å²) < 4.78 is 7.66. The number of hydrogen-bond donors (Lipinski definition) is 2. The Labute approximate surface area is 165 Å². The Hall–Kier alpha value is -2.87. The maximum Gasteiger partial charge on any atom is 0.251 e. The lowest BCUT2D eigenvalue weighted by molar-refractivity contribution is -0.00800. The fourth-order valence-electron chi connectivity index (χ4n) is 3.22. The lowest BCUT2D eigenvalue weighted by Gasteiger charge is -2.34. The number of nitrogens with one attached hydrogen (secondary N) is 2. The summed E-state index contributed by atoms with van der Waals surface area (Å²) in [6, 6.07) is 7.57. The second-order valence-electron chi connectivity index (χ2n) is 6.85. The van der Waals surface area contributed by atoms with Crippen LogP contribution in [0.25, 0.3) is 0 Å². The van der Waals surface area contributed by atoms with Crippen molar-refractivity contribution in [3.8, 4) is 0 Å². The molecule has 8 nitrogen and oxygen atoms in total. The highest BCUT2D eigenvalue weighted by Crippen LogP contribution is 2.21. The lowest BCUT2D eigenvalue weighted by atomic mass is 10.1. The first-order valence-electron chi connectivity index (χ1n) is 9.47. The van der Waals surface area contributed by atoms with Gasteiger partial charge in [-0.05, 0) is 19.1 Å². The number of hydrogen-bond acceptors (Lipinski definition) is 4. The van der Waals surface area contributed by atoms with Gasteiger partial charge in [0.1, 0.15) is 6.10 Å². The summed E-state index contributed by atoms with van der Waals surface area (Å²) in [4.78, 5) is 18.8. The second kappa shape index (κ2) is 9.36.